The molecule has 0 bridgehead atoms. The molecule has 0 aliphatic rings. The highest BCUT2D eigenvalue weighted by Crippen LogP contribution is 2.27. The second-order valence-corrected chi connectivity index (χ2v) is 7.10. The minimum atomic E-state index is -3.99. The van der Waals surface area contributed by atoms with Crippen LogP contribution in [0.3, 0.4) is 0 Å². The minimum Gasteiger partial charge on any atom is -0.258 e. The summed E-state index contributed by atoms with van der Waals surface area (Å²) in [7, 11) is -3.99. The maximum absolute atomic E-state index is 12.3. The number of sulfonamides is 1. The van der Waals surface area contributed by atoms with E-state index in [1.807, 2.05) is 0 Å². The van der Waals surface area contributed by atoms with Crippen LogP contribution in [0.5, 0.6) is 0 Å². The number of hydrogen-bond donors (Lipinski definition) is 1. The molecule has 0 spiro atoms. The van der Waals surface area contributed by atoms with Crippen LogP contribution in [0.15, 0.2) is 34.7 Å². The van der Waals surface area contributed by atoms with Crippen LogP contribution >= 0.6 is 22.9 Å². The van der Waals surface area contributed by atoms with Gasteiger partial charge in [0.1, 0.15) is 9.90 Å². The lowest BCUT2D eigenvalue weighted by Gasteiger charge is -2.12. The number of hydrogen-bond acceptors (Lipinski definition) is 6. The zero-order valence-corrected chi connectivity index (χ0v) is 13.1. The maximum Gasteiger partial charge on any atom is 0.270 e. The van der Waals surface area contributed by atoms with E-state index >= 15 is 0 Å². The number of halogens is 1. The molecule has 0 aliphatic heterocycles. The van der Waals surface area contributed by atoms with Crippen molar-refractivity contribution >= 4 is 38.6 Å². The smallest absolute Gasteiger partial charge is 0.258 e. The van der Waals surface area contributed by atoms with Crippen molar-refractivity contribution in [1.82, 2.24) is 9.71 Å². The Kier molecular flexibility index (Phi) is 4.57. The minimum absolute atomic E-state index is 0.0839. The van der Waals surface area contributed by atoms with E-state index in [1.54, 1.807) is 18.5 Å². The normalized spacial score (nSPS) is 13.0. The summed E-state index contributed by atoms with van der Waals surface area (Å²) in [6, 6.07) is 2.69. The van der Waals surface area contributed by atoms with E-state index in [9.17, 15) is 18.5 Å². The van der Waals surface area contributed by atoms with Gasteiger partial charge in [0.15, 0.2) is 0 Å². The van der Waals surface area contributed by atoms with Crippen LogP contribution in [0.1, 0.15) is 18.0 Å². The molecular formula is C11H10ClN3O4S2. The first-order valence-corrected chi connectivity index (χ1v) is 8.41. The molecular weight excluding hydrogens is 338 g/mol. The number of aromatic nitrogens is 1. The molecule has 7 nitrogen and oxygen atoms in total. The summed E-state index contributed by atoms with van der Waals surface area (Å²) >= 11 is 7.14. The molecule has 2 aromatic rings. The number of benzene rings is 1. The topological polar surface area (TPSA) is 102 Å². The first kappa shape index (κ1) is 15.8. The van der Waals surface area contributed by atoms with Crippen LogP contribution in [-0.4, -0.2) is 18.3 Å². The highest BCUT2D eigenvalue weighted by atomic mass is 35.5. The second kappa shape index (κ2) is 6.06. The van der Waals surface area contributed by atoms with E-state index < -0.39 is 21.0 Å². The van der Waals surface area contributed by atoms with Crippen molar-refractivity contribution in [2.45, 2.75) is 17.9 Å². The molecule has 1 atom stereocenters. The lowest BCUT2D eigenvalue weighted by atomic mass is 10.3. The molecule has 0 radical (unpaired) electrons. The van der Waals surface area contributed by atoms with Gasteiger partial charge in [0, 0.05) is 23.7 Å². The van der Waals surface area contributed by atoms with Crippen molar-refractivity contribution in [2.75, 3.05) is 0 Å². The van der Waals surface area contributed by atoms with Crippen LogP contribution in [-0.2, 0) is 10.0 Å². The fourth-order valence-corrected chi connectivity index (χ4v) is 4.05. The van der Waals surface area contributed by atoms with Crippen LogP contribution in [0.4, 0.5) is 5.69 Å². The monoisotopic (exact) mass is 347 g/mol. The van der Waals surface area contributed by atoms with E-state index in [-0.39, 0.29) is 15.6 Å². The lowest BCUT2D eigenvalue weighted by molar-refractivity contribution is -0.385. The fourth-order valence-electron chi connectivity index (χ4n) is 1.61. The number of nitrogens with zero attached hydrogens (tertiary/aromatic N) is 2. The van der Waals surface area contributed by atoms with E-state index in [0.717, 1.165) is 12.1 Å². The SMILES string of the molecule is CC(NS(=O)(=O)c1cc([N+](=O)[O-])ccc1Cl)c1nccs1. The molecule has 0 saturated heterocycles. The Labute approximate surface area is 129 Å². The fraction of sp³-hybridized carbons (Fsp3) is 0.182. The van der Waals surface area contributed by atoms with Gasteiger partial charge in [0.25, 0.3) is 5.69 Å². The molecule has 0 fully saturated rings. The number of nitro groups is 1. The van der Waals surface area contributed by atoms with Crippen molar-refractivity contribution in [2.24, 2.45) is 0 Å². The van der Waals surface area contributed by atoms with Gasteiger partial charge in [0.2, 0.25) is 10.0 Å². The van der Waals surface area contributed by atoms with Gasteiger partial charge in [-0.25, -0.2) is 18.1 Å². The Balaban J connectivity index is 2.35. The predicted octanol–water partition coefficient (Wildman–Crippen LogP) is 2.74. The van der Waals surface area contributed by atoms with E-state index in [0.29, 0.717) is 5.01 Å². The summed E-state index contributed by atoms with van der Waals surface area (Å²) < 4.78 is 27.0. The van der Waals surface area contributed by atoms with Gasteiger partial charge >= 0.3 is 0 Å². The summed E-state index contributed by atoms with van der Waals surface area (Å²) in [5, 5.41) is 13.0. The van der Waals surface area contributed by atoms with E-state index in [4.69, 9.17) is 11.6 Å². The summed E-state index contributed by atoms with van der Waals surface area (Å²) in [5.74, 6) is 0. The largest absolute Gasteiger partial charge is 0.270 e. The van der Waals surface area contributed by atoms with Gasteiger partial charge in [-0.15, -0.1) is 11.3 Å². The molecule has 1 unspecified atom stereocenters. The van der Waals surface area contributed by atoms with Gasteiger partial charge < -0.3 is 0 Å². The Morgan fingerprint density at radius 3 is 2.76 bits per heavy atom. The molecule has 1 N–H and O–H groups in total. The summed E-state index contributed by atoms with van der Waals surface area (Å²) in [5.41, 5.74) is -0.346. The van der Waals surface area contributed by atoms with Crippen LogP contribution < -0.4 is 4.72 Å². The number of nitro benzene ring substituents is 1. The van der Waals surface area contributed by atoms with Gasteiger partial charge in [-0.05, 0) is 13.0 Å². The summed E-state index contributed by atoms with van der Waals surface area (Å²) in [6.07, 6.45) is 1.56. The molecule has 0 amide bonds. The highest BCUT2D eigenvalue weighted by Gasteiger charge is 2.24. The Bertz CT molecular complexity index is 762. The van der Waals surface area contributed by atoms with Crippen LogP contribution in [0, 0.1) is 10.1 Å². The number of non-ortho nitro benzene ring substituents is 1. The molecule has 112 valence electrons. The summed E-state index contributed by atoms with van der Waals surface area (Å²) in [6.45, 7) is 1.63. The average molecular weight is 348 g/mol. The molecule has 1 aromatic heterocycles. The second-order valence-electron chi connectivity index (χ2n) is 4.09. The van der Waals surface area contributed by atoms with Gasteiger partial charge in [-0.3, -0.25) is 10.1 Å². The third-order valence-electron chi connectivity index (χ3n) is 2.57. The van der Waals surface area contributed by atoms with Crippen molar-refractivity contribution in [3.8, 4) is 0 Å². The Morgan fingerprint density at radius 2 is 2.19 bits per heavy atom. The molecule has 0 saturated carbocycles. The van der Waals surface area contributed by atoms with Crippen molar-refractivity contribution in [1.29, 1.82) is 0 Å². The number of thiazole rings is 1. The first-order valence-electron chi connectivity index (χ1n) is 5.67. The zero-order valence-electron chi connectivity index (χ0n) is 10.7. The van der Waals surface area contributed by atoms with E-state index in [1.165, 1.54) is 17.4 Å². The van der Waals surface area contributed by atoms with Crippen molar-refractivity contribution < 1.29 is 13.3 Å². The van der Waals surface area contributed by atoms with Crippen LogP contribution in [0.2, 0.25) is 5.02 Å². The Hall–Kier alpha value is -1.55. The third kappa shape index (κ3) is 3.56. The van der Waals surface area contributed by atoms with Gasteiger partial charge in [-0.2, -0.15) is 0 Å². The average Bonchev–Trinajstić information content (AvgIpc) is 2.92. The number of rotatable bonds is 5. The molecule has 2 rings (SSSR count). The van der Waals surface area contributed by atoms with Crippen molar-refractivity contribution in [3.05, 3.63) is 49.9 Å². The van der Waals surface area contributed by atoms with Crippen molar-refractivity contribution in [3.63, 3.8) is 0 Å². The Morgan fingerprint density at radius 1 is 1.48 bits per heavy atom. The molecule has 1 aromatic carbocycles. The molecule has 0 aliphatic carbocycles. The standard InChI is InChI=1S/C11H10ClN3O4S2/c1-7(11-13-4-5-20-11)14-21(18,19)10-6-8(15(16)17)2-3-9(10)12/h2-7,14H,1H3. The van der Waals surface area contributed by atoms with E-state index in [2.05, 4.69) is 9.71 Å². The highest BCUT2D eigenvalue weighted by molar-refractivity contribution is 7.89. The molecule has 10 heteroatoms. The zero-order chi connectivity index (χ0) is 15.6. The van der Waals surface area contributed by atoms with Crippen LogP contribution in [0.25, 0.3) is 0 Å². The van der Waals surface area contributed by atoms with Gasteiger partial charge in [-0.1, -0.05) is 11.6 Å². The maximum atomic E-state index is 12.3. The summed E-state index contributed by atoms with van der Waals surface area (Å²) in [4.78, 5) is 13.7. The first-order chi connectivity index (χ1) is 9.81. The lowest BCUT2D eigenvalue weighted by Crippen LogP contribution is -2.27. The molecule has 1 heterocycles. The molecule has 21 heavy (non-hydrogen) atoms. The quantitative estimate of drug-likeness (QED) is 0.661. The number of nitrogens with one attached hydrogen (secondary N) is 1. The predicted molar refractivity (Wildman–Crippen MR) is 79.0 cm³/mol. The third-order valence-corrected chi connectivity index (χ3v) is 5.55. The van der Waals surface area contributed by atoms with Gasteiger partial charge in [0.05, 0.1) is 16.0 Å².